The molecule has 0 fully saturated rings. The van der Waals surface area contributed by atoms with E-state index >= 15 is 0 Å². The van der Waals surface area contributed by atoms with Crippen LogP contribution in [0.1, 0.15) is 12.8 Å². The van der Waals surface area contributed by atoms with Crippen LogP contribution in [0.3, 0.4) is 0 Å². The van der Waals surface area contributed by atoms with Crippen LogP contribution in [-0.4, -0.2) is 25.2 Å². The second kappa shape index (κ2) is 5.69. The van der Waals surface area contributed by atoms with Gasteiger partial charge in [-0.2, -0.15) is 0 Å². The molecule has 1 unspecified atom stereocenters. The standard InChI is InChI=1S/C12H18BrNOSi/c1-16(2,3)8-4-7-14-12-9-10(15)5-6-11(12)13/h9,11,14H,5-7H2,1-3H3. The van der Waals surface area contributed by atoms with Crippen molar-refractivity contribution in [3.05, 3.63) is 11.8 Å². The number of ketones is 1. The lowest BCUT2D eigenvalue weighted by Gasteiger charge is -2.18. The van der Waals surface area contributed by atoms with Gasteiger partial charge in [0.1, 0.15) is 8.07 Å². The van der Waals surface area contributed by atoms with Gasteiger partial charge in [-0.05, 0) is 6.42 Å². The predicted octanol–water partition coefficient (Wildman–Crippen LogP) is 2.47. The van der Waals surface area contributed by atoms with E-state index in [9.17, 15) is 4.79 Å². The molecule has 0 saturated carbocycles. The summed E-state index contributed by atoms with van der Waals surface area (Å²) in [6, 6.07) is 0. The molecule has 0 aromatic heterocycles. The van der Waals surface area contributed by atoms with E-state index in [0.717, 1.165) is 12.1 Å². The predicted molar refractivity (Wildman–Crippen MR) is 74.2 cm³/mol. The third kappa shape index (κ3) is 5.00. The van der Waals surface area contributed by atoms with Crippen LogP contribution in [-0.2, 0) is 4.79 Å². The van der Waals surface area contributed by atoms with Gasteiger partial charge in [0.15, 0.2) is 5.78 Å². The van der Waals surface area contributed by atoms with Crippen LogP contribution in [0.2, 0.25) is 19.6 Å². The summed E-state index contributed by atoms with van der Waals surface area (Å²) in [5.41, 5.74) is 4.26. The van der Waals surface area contributed by atoms with E-state index in [0.29, 0.717) is 13.0 Å². The molecule has 4 heteroatoms. The molecule has 0 saturated heterocycles. The molecule has 0 aliphatic heterocycles. The first kappa shape index (κ1) is 13.5. The van der Waals surface area contributed by atoms with Gasteiger partial charge < -0.3 is 5.32 Å². The minimum atomic E-state index is -1.27. The number of hydrogen-bond donors (Lipinski definition) is 1. The lowest BCUT2D eigenvalue weighted by molar-refractivity contribution is -0.115. The van der Waals surface area contributed by atoms with Crippen LogP contribution in [0.4, 0.5) is 0 Å². The summed E-state index contributed by atoms with van der Waals surface area (Å²) in [7, 11) is -1.27. The van der Waals surface area contributed by atoms with Crippen LogP contribution >= 0.6 is 15.9 Å². The zero-order chi connectivity index (χ0) is 12.2. The molecule has 0 bridgehead atoms. The van der Waals surface area contributed by atoms with E-state index in [1.165, 1.54) is 0 Å². The van der Waals surface area contributed by atoms with Crippen LogP contribution in [0.25, 0.3) is 0 Å². The Morgan fingerprint density at radius 2 is 2.25 bits per heavy atom. The number of rotatable bonds is 2. The number of carbonyl (C=O) groups excluding carboxylic acids is 1. The fourth-order valence-electron chi connectivity index (χ4n) is 1.38. The first-order chi connectivity index (χ1) is 7.38. The first-order valence-corrected chi connectivity index (χ1v) is 9.92. The number of hydrogen-bond acceptors (Lipinski definition) is 2. The highest BCUT2D eigenvalue weighted by Gasteiger charge is 2.18. The summed E-state index contributed by atoms with van der Waals surface area (Å²) in [5, 5.41) is 3.22. The molecule has 0 spiro atoms. The average molecular weight is 300 g/mol. The fourth-order valence-corrected chi connectivity index (χ4v) is 2.52. The van der Waals surface area contributed by atoms with Crippen molar-refractivity contribution in [2.75, 3.05) is 6.54 Å². The van der Waals surface area contributed by atoms with Gasteiger partial charge in [0.25, 0.3) is 0 Å². The normalized spacial score (nSPS) is 20.9. The molecule has 1 rings (SSSR count). The molecular weight excluding hydrogens is 282 g/mol. The Balaban J connectivity index is 2.48. The van der Waals surface area contributed by atoms with Crippen molar-refractivity contribution in [1.29, 1.82) is 0 Å². The molecule has 1 aliphatic carbocycles. The monoisotopic (exact) mass is 299 g/mol. The third-order valence-electron chi connectivity index (χ3n) is 2.14. The molecule has 0 aromatic rings. The van der Waals surface area contributed by atoms with Gasteiger partial charge in [-0.25, -0.2) is 0 Å². The van der Waals surface area contributed by atoms with Crippen molar-refractivity contribution in [3.63, 3.8) is 0 Å². The molecule has 1 aliphatic rings. The Morgan fingerprint density at radius 3 is 2.88 bits per heavy atom. The van der Waals surface area contributed by atoms with Crippen LogP contribution in [0.15, 0.2) is 11.8 Å². The maximum absolute atomic E-state index is 11.2. The number of allylic oxidation sites excluding steroid dienone is 2. The zero-order valence-corrected chi connectivity index (χ0v) is 12.6. The van der Waals surface area contributed by atoms with Gasteiger partial charge in [0.2, 0.25) is 0 Å². The SMILES string of the molecule is C[Si](C)(C)C#CCNC1=CC(=O)CCC1Br. The quantitative estimate of drug-likeness (QED) is 0.482. The number of carbonyl (C=O) groups is 1. The van der Waals surface area contributed by atoms with E-state index in [1.807, 2.05) is 0 Å². The van der Waals surface area contributed by atoms with E-state index < -0.39 is 8.07 Å². The van der Waals surface area contributed by atoms with Crippen LogP contribution in [0.5, 0.6) is 0 Å². The summed E-state index contributed by atoms with van der Waals surface area (Å²) in [6.07, 6.45) is 3.21. The maximum atomic E-state index is 11.2. The van der Waals surface area contributed by atoms with Crippen molar-refractivity contribution < 1.29 is 4.79 Å². The highest BCUT2D eigenvalue weighted by Crippen LogP contribution is 2.20. The van der Waals surface area contributed by atoms with E-state index in [2.05, 4.69) is 52.4 Å². The van der Waals surface area contributed by atoms with Crippen LogP contribution < -0.4 is 5.32 Å². The first-order valence-electron chi connectivity index (χ1n) is 5.51. The Kier molecular flexibility index (Phi) is 4.82. The van der Waals surface area contributed by atoms with Crippen molar-refractivity contribution in [2.24, 2.45) is 0 Å². The molecule has 0 aromatic carbocycles. The van der Waals surface area contributed by atoms with E-state index in [1.54, 1.807) is 6.08 Å². The van der Waals surface area contributed by atoms with Crippen molar-refractivity contribution in [2.45, 2.75) is 37.3 Å². The fraction of sp³-hybridized carbons (Fsp3) is 0.583. The minimum Gasteiger partial charge on any atom is -0.376 e. The van der Waals surface area contributed by atoms with Gasteiger partial charge in [0.05, 0.1) is 11.4 Å². The van der Waals surface area contributed by atoms with Crippen molar-refractivity contribution >= 4 is 29.8 Å². The zero-order valence-electron chi connectivity index (χ0n) is 10.1. The van der Waals surface area contributed by atoms with Crippen molar-refractivity contribution in [1.82, 2.24) is 5.32 Å². The summed E-state index contributed by atoms with van der Waals surface area (Å²) in [4.78, 5) is 11.5. The van der Waals surface area contributed by atoms with Gasteiger partial charge >= 0.3 is 0 Å². The molecule has 88 valence electrons. The summed E-state index contributed by atoms with van der Waals surface area (Å²) in [6.45, 7) is 7.29. The van der Waals surface area contributed by atoms with E-state index in [-0.39, 0.29) is 10.6 Å². The maximum Gasteiger partial charge on any atom is 0.157 e. The lowest BCUT2D eigenvalue weighted by atomic mass is 10.0. The summed E-state index contributed by atoms with van der Waals surface area (Å²) >= 11 is 3.55. The highest BCUT2D eigenvalue weighted by atomic mass is 79.9. The largest absolute Gasteiger partial charge is 0.376 e. The Morgan fingerprint density at radius 1 is 1.56 bits per heavy atom. The van der Waals surface area contributed by atoms with Gasteiger partial charge in [-0.3, -0.25) is 4.79 Å². The van der Waals surface area contributed by atoms with Gasteiger partial charge in [-0.1, -0.05) is 41.5 Å². The number of alkyl halides is 1. The highest BCUT2D eigenvalue weighted by molar-refractivity contribution is 9.09. The van der Waals surface area contributed by atoms with Crippen molar-refractivity contribution in [3.8, 4) is 11.5 Å². The van der Waals surface area contributed by atoms with E-state index in [4.69, 9.17) is 0 Å². The second-order valence-electron chi connectivity index (χ2n) is 4.98. The lowest BCUT2D eigenvalue weighted by Crippen LogP contribution is -2.26. The summed E-state index contributed by atoms with van der Waals surface area (Å²) < 4.78 is 0. The Hall–Kier alpha value is -0.533. The Bertz CT molecular complexity index is 359. The average Bonchev–Trinajstić information content (AvgIpc) is 2.16. The molecule has 2 nitrogen and oxygen atoms in total. The smallest absolute Gasteiger partial charge is 0.157 e. The van der Waals surface area contributed by atoms with Crippen LogP contribution in [0, 0.1) is 11.5 Å². The topological polar surface area (TPSA) is 29.1 Å². The molecule has 0 amide bonds. The molecule has 16 heavy (non-hydrogen) atoms. The summed E-state index contributed by atoms with van der Waals surface area (Å²) in [5.74, 6) is 3.34. The van der Waals surface area contributed by atoms with Gasteiger partial charge in [0, 0.05) is 18.2 Å². The molecule has 1 atom stereocenters. The van der Waals surface area contributed by atoms with Gasteiger partial charge in [-0.15, -0.1) is 5.54 Å². The Labute approximate surface area is 107 Å². The number of nitrogens with one attached hydrogen (secondary N) is 1. The number of halogens is 1. The third-order valence-corrected chi connectivity index (χ3v) is 4.02. The minimum absolute atomic E-state index is 0.205. The molecule has 0 radical (unpaired) electrons. The molecular formula is C12H18BrNOSi. The molecule has 0 heterocycles. The molecule has 1 N–H and O–H groups in total. The second-order valence-corrected chi connectivity index (χ2v) is 10.8.